The maximum absolute atomic E-state index is 5.49. The summed E-state index contributed by atoms with van der Waals surface area (Å²) in [6.07, 6.45) is 0.835. The molecule has 0 fully saturated rings. The molecule has 0 spiro atoms. The molecule has 0 amide bonds. The molecule has 1 aromatic heterocycles. The van der Waals surface area contributed by atoms with Crippen LogP contribution in [0.1, 0.15) is 15.3 Å². The lowest BCUT2D eigenvalue weighted by molar-refractivity contribution is 0.322. The van der Waals surface area contributed by atoms with E-state index in [0.717, 1.165) is 17.7 Å². The summed E-state index contributed by atoms with van der Waals surface area (Å²) in [7, 11) is 4.90. The molecule has 102 valence electrons. The summed E-state index contributed by atoms with van der Waals surface area (Å²) >= 11 is 1.80. The molecule has 0 aliphatic heterocycles. The molecule has 0 unspecified atom stereocenters. The van der Waals surface area contributed by atoms with Crippen LogP contribution < -0.4 is 14.2 Å². The number of aryl methyl sites for hydroxylation is 1. The van der Waals surface area contributed by atoms with Crippen LogP contribution in [0.5, 0.6) is 17.2 Å². The van der Waals surface area contributed by atoms with Gasteiger partial charge in [0.05, 0.1) is 21.3 Å². The Morgan fingerprint density at radius 3 is 2.16 bits per heavy atom. The number of thiophene rings is 1. The zero-order valence-electron chi connectivity index (χ0n) is 11.6. The standard InChI is InChI=1S/C15H18O3S/c1-10-5-7-12(19-10)9-11-6-8-13(16-2)15(18-4)14(11)17-3/h5-8H,9H2,1-4H3. The molecule has 19 heavy (non-hydrogen) atoms. The smallest absolute Gasteiger partial charge is 0.203 e. The Kier molecular flexibility index (Phi) is 4.32. The summed E-state index contributed by atoms with van der Waals surface area (Å²) < 4.78 is 16.2. The minimum Gasteiger partial charge on any atom is -0.493 e. The predicted molar refractivity (Wildman–Crippen MR) is 78.0 cm³/mol. The molecule has 0 atom stereocenters. The van der Waals surface area contributed by atoms with Crippen molar-refractivity contribution in [3.05, 3.63) is 39.6 Å². The number of benzene rings is 1. The van der Waals surface area contributed by atoms with E-state index in [4.69, 9.17) is 14.2 Å². The second-order valence-corrected chi connectivity index (χ2v) is 5.56. The fourth-order valence-corrected chi connectivity index (χ4v) is 2.98. The van der Waals surface area contributed by atoms with Crippen LogP contribution in [0.25, 0.3) is 0 Å². The van der Waals surface area contributed by atoms with Crippen molar-refractivity contribution >= 4 is 11.3 Å². The van der Waals surface area contributed by atoms with Crippen molar-refractivity contribution in [2.24, 2.45) is 0 Å². The molecule has 0 N–H and O–H groups in total. The van der Waals surface area contributed by atoms with E-state index in [9.17, 15) is 0 Å². The Labute approximate surface area is 117 Å². The maximum Gasteiger partial charge on any atom is 0.203 e. The van der Waals surface area contributed by atoms with Crippen molar-refractivity contribution in [3.8, 4) is 17.2 Å². The van der Waals surface area contributed by atoms with E-state index in [2.05, 4.69) is 19.1 Å². The zero-order valence-corrected chi connectivity index (χ0v) is 12.5. The third-order valence-electron chi connectivity index (χ3n) is 2.95. The number of hydrogen-bond acceptors (Lipinski definition) is 4. The van der Waals surface area contributed by atoms with Gasteiger partial charge in [-0.05, 0) is 25.1 Å². The van der Waals surface area contributed by atoms with Crippen molar-refractivity contribution in [2.75, 3.05) is 21.3 Å². The third-order valence-corrected chi connectivity index (χ3v) is 3.95. The van der Waals surface area contributed by atoms with Crippen LogP contribution in [0.2, 0.25) is 0 Å². The van der Waals surface area contributed by atoms with E-state index < -0.39 is 0 Å². The molecule has 0 radical (unpaired) electrons. The summed E-state index contributed by atoms with van der Waals surface area (Å²) in [5.41, 5.74) is 1.10. The van der Waals surface area contributed by atoms with E-state index in [0.29, 0.717) is 11.5 Å². The second kappa shape index (κ2) is 5.97. The van der Waals surface area contributed by atoms with E-state index in [1.807, 2.05) is 12.1 Å². The van der Waals surface area contributed by atoms with Gasteiger partial charge in [-0.1, -0.05) is 6.07 Å². The molecule has 2 rings (SSSR count). The second-order valence-electron chi connectivity index (χ2n) is 4.18. The summed E-state index contributed by atoms with van der Waals surface area (Å²) in [6.45, 7) is 2.11. The van der Waals surface area contributed by atoms with Crippen LogP contribution in [0.4, 0.5) is 0 Å². The molecule has 3 nitrogen and oxygen atoms in total. The number of hydrogen-bond donors (Lipinski definition) is 0. The highest BCUT2D eigenvalue weighted by Crippen LogP contribution is 2.40. The highest BCUT2D eigenvalue weighted by Gasteiger charge is 2.16. The Hall–Kier alpha value is -1.68. The van der Waals surface area contributed by atoms with Gasteiger partial charge in [0.15, 0.2) is 11.5 Å². The van der Waals surface area contributed by atoms with Gasteiger partial charge >= 0.3 is 0 Å². The SMILES string of the molecule is COc1ccc(Cc2ccc(C)s2)c(OC)c1OC. The zero-order chi connectivity index (χ0) is 13.8. The summed E-state index contributed by atoms with van der Waals surface area (Å²) in [5.74, 6) is 2.08. The summed E-state index contributed by atoms with van der Waals surface area (Å²) in [6, 6.07) is 8.22. The minimum absolute atomic E-state index is 0.649. The van der Waals surface area contributed by atoms with Crippen LogP contribution in [-0.2, 0) is 6.42 Å². The van der Waals surface area contributed by atoms with Crippen LogP contribution in [0.3, 0.4) is 0 Å². The lowest BCUT2D eigenvalue weighted by atomic mass is 10.1. The van der Waals surface area contributed by atoms with Crippen LogP contribution >= 0.6 is 11.3 Å². The van der Waals surface area contributed by atoms with E-state index >= 15 is 0 Å². The molecule has 0 saturated heterocycles. The molecule has 1 heterocycles. The molecule has 2 aromatic rings. The maximum atomic E-state index is 5.49. The van der Waals surface area contributed by atoms with Gasteiger partial charge in [0.2, 0.25) is 5.75 Å². The number of methoxy groups -OCH3 is 3. The molecule has 0 saturated carbocycles. The Balaban J connectivity index is 2.40. The number of rotatable bonds is 5. The minimum atomic E-state index is 0.649. The first-order valence-corrected chi connectivity index (χ1v) is 6.84. The van der Waals surface area contributed by atoms with E-state index in [1.165, 1.54) is 9.75 Å². The molecule has 1 aromatic carbocycles. The first kappa shape index (κ1) is 13.7. The van der Waals surface area contributed by atoms with Crippen molar-refractivity contribution in [1.29, 1.82) is 0 Å². The van der Waals surface area contributed by atoms with Gasteiger partial charge < -0.3 is 14.2 Å². The van der Waals surface area contributed by atoms with Gasteiger partial charge in [0, 0.05) is 21.7 Å². The van der Waals surface area contributed by atoms with Crippen molar-refractivity contribution in [3.63, 3.8) is 0 Å². The molecular weight excluding hydrogens is 260 g/mol. The lowest BCUT2D eigenvalue weighted by Crippen LogP contribution is -1.99. The first-order chi connectivity index (χ1) is 9.19. The Morgan fingerprint density at radius 1 is 0.895 bits per heavy atom. The summed E-state index contributed by atoms with van der Waals surface area (Å²) in [5, 5.41) is 0. The van der Waals surface area contributed by atoms with E-state index in [1.54, 1.807) is 32.7 Å². The largest absolute Gasteiger partial charge is 0.493 e. The number of ether oxygens (including phenoxy) is 3. The molecule has 0 bridgehead atoms. The molecule has 0 aliphatic rings. The molecular formula is C15H18O3S. The van der Waals surface area contributed by atoms with Crippen LogP contribution in [0.15, 0.2) is 24.3 Å². The fraction of sp³-hybridized carbons (Fsp3) is 0.333. The normalized spacial score (nSPS) is 10.3. The van der Waals surface area contributed by atoms with Crippen LogP contribution in [0, 0.1) is 6.92 Å². The Bertz CT molecular complexity index is 561. The monoisotopic (exact) mass is 278 g/mol. The van der Waals surface area contributed by atoms with Gasteiger partial charge in [-0.15, -0.1) is 11.3 Å². The topological polar surface area (TPSA) is 27.7 Å². The predicted octanol–water partition coefficient (Wildman–Crippen LogP) is 3.67. The lowest BCUT2D eigenvalue weighted by Gasteiger charge is -2.15. The fourth-order valence-electron chi connectivity index (χ4n) is 2.07. The van der Waals surface area contributed by atoms with Crippen LogP contribution in [-0.4, -0.2) is 21.3 Å². The highest BCUT2D eigenvalue weighted by atomic mass is 32.1. The van der Waals surface area contributed by atoms with Crippen molar-refractivity contribution < 1.29 is 14.2 Å². The van der Waals surface area contributed by atoms with Gasteiger partial charge in [-0.2, -0.15) is 0 Å². The van der Waals surface area contributed by atoms with Gasteiger partial charge in [0.1, 0.15) is 0 Å². The average molecular weight is 278 g/mol. The molecule has 0 aliphatic carbocycles. The highest BCUT2D eigenvalue weighted by molar-refractivity contribution is 7.11. The average Bonchev–Trinajstić information content (AvgIpc) is 2.83. The Morgan fingerprint density at radius 2 is 1.63 bits per heavy atom. The third kappa shape index (κ3) is 2.84. The van der Waals surface area contributed by atoms with Crippen molar-refractivity contribution in [1.82, 2.24) is 0 Å². The van der Waals surface area contributed by atoms with Gasteiger partial charge in [-0.25, -0.2) is 0 Å². The van der Waals surface area contributed by atoms with Gasteiger partial charge in [0.25, 0.3) is 0 Å². The van der Waals surface area contributed by atoms with E-state index in [-0.39, 0.29) is 0 Å². The summed E-state index contributed by atoms with van der Waals surface area (Å²) in [4.78, 5) is 2.62. The quantitative estimate of drug-likeness (QED) is 0.835. The van der Waals surface area contributed by atoms with Gasteiger partial charge in [-0.3, -0.25) is 0 Å². The first-order valence-electron chi connectivity index (χ1n) is 6.02. The molecule has 4 heteroatoms. The van der Waals surface area contributed by atoms with Crippen molar-refractivity contribution in [2.45, 2.75) is 13.3 Å².